The van der Waals surface area contributed by atoms with Gasteiger partial charge in [-0.1, -0.05) is 38.4 Å². The van der Waals surface area contributed by atoms with Crippen molar-refractivity contribution in [3.05, 3.63) is 47.6 Å². The van der Waals surface area contributed by atoms with Crippen LogP contribution in [0.5, 0.6) is 0 Å². The quantitative estimate of drug-likeness (QED) is 0.205. The molecular formula is C36H48ClN7O9S. The zero-order valence-electron chi connectivity index (χ0n) is 31.4. The number of hydrogen-bond donors (Lipinski definition) is 5. The van der Waals surface area contributed by atoms with Gasteiger partial charge in [-0.3, -0.25) is 29.5 Å². The highest BCUT2D eigenvalue weighted by Crippen LogP contribution is 2.45. The van der Waals surface area contributed by atoms with Crippen molar-refractivity contribution in [3.63, 3.8) is 0 Å². The summed E-state index contributed by atoms with van der Waals surface area (Å²) in [5.74, 6) is -2.93. The molecule has 294 valence electrons. The number of rotatable bonds is 11. The molecule has 2 aliphatic carbocycles. The standard InChI is InChI=1S/C36H48ClN7O9S/c1-9-20-17-36(20,31(47)43-54(50,51)23-11-12-23)40-29(45)27-16-22(18-44(27)30(46)28(34(3,4)5)39-33(49)53-35(6,7)8)52-32(48)38-25-13-10-21(37)15-24(25)26-14-19(2)41-42-26/h9-10,13-15,20,22-23,27-28H,1,11-12,16-18H2,2-8H3,(H,38,48)(H,39,49)(H,40,45)(H,41,42)(H,43,47)/t20?,22-,27+,28-,36?/m1/s1. The summed E-state index contributed by atoms with van der Waals surface area (Å²) in [6, 6.07) is 4.07. The molecule has 18 heteroatoms. The van der Waals surface area contributed by atoms with Crippen molar-refractivity contribution in [2.45, 2.75) is 109 Å². The second-order valence-electron chi connectivity index (χ2n) is 16.1. The first kappa shape index (κ1) is 40.5. The van der Waals surface area contributed by atoms with Crippen molar-refractivity contribution in [3.8, 4) is 11.3 Å². The van der Waals surface area contributed by atoms with E-state index in [9.17, 15) is 32.4 Å². The molecule has 2 unspecified atom stereocenters. The van der Waals surface area contributed by atoms with Gasteiger partial charge in [0, 0.05) is 28.6 Å². The summed E-state index contributed by atoms with van der Waals surface area (Å²) in [5, 5.41) is 14.9. The molecule has 2 saturated carbocycles. The number of sulfonamides is 1. The summed E-state index contributed by atoms with van der Waals surface area (Å²) in [6.45, 7) is 15.5. The zero-order chi connectivity index (χ0) is 40.0. The number of aromatic nitrogens is 2. The van der Waals surface area contributed by atoms with E-state index in [1.807, 2.05) is 6.92 Å². The Morgan fingerprint density at radius 3 is 2.33 bits per heavy atom. The average Bonchev–Trinajstić information content (AvgIpc) is 3.95. The van der Waals surface area contributed by atoms with E-state index < -0.39 is 85.8 Å². The Morgan fingerprint density at radius 1 is 1.09 bits per heavy atom. The molecule has 1 aromatic heterocycles. The number of benzene rings is 1. The van der Waals surface area contributed by atoms with Gasteiger partial charge < -0.3 is 25.0 Å². The SMILES string of the molecule is C=CC1CC1(NC(=O)[C@@H]1C[C@@H](OC(=O)Nc2ccc(Cl)cc2-c2cc(C)[nH]n2)CN1C(=O)[C@@H](NC(=O)OC(C)(C)C)C(C)(C)C)C(=O)NS(=O)(=O)C1CC1. The Bertz CT molecular complexity index is 1950. The van der Waals surface area contributed by atoms with E-state index >= 15 is 0 Å². The first-order valence-corrected chi connectivity index (χ1v) is 19.6. The molecule has 3 aliphatic rings. The van der Waals surface area contributed by atoms with Crippen LogP contribution in [-0.4, -0.2) is 94.5 Å². The molecule has 1 aromatic carbocycles. The molecule has 5 rings (SSSR count). The predicted octanol–water partition coefficient (Wildman–Crippen LogP) is 4.17. The van der Waals surface area contributed by atoms with Crippen molar-refractivity contribution in [1.82, 2.24) is 30.5 Å². The topological polar surface area (TPSA) is 218 Å². The van der Waals surface area contributed by atoms with E-state index in [4.69, 9.17) is 21.1 Å². The minimum atomic E-state index is -3.94. The molecule has 0 bridgehead atoms. The van der Waals surface area contributed by atoms with Gasteiger partial charge in [-0.15, -0.1) is 6.58 Å². The highest BCUT2D eigenvalue weighted by atomic mass is 35.5. The van der Waals surface area contributed by atoms with Crippen LogP contribution in [0.25, 0.3) is 11.3 Å². The summed E-state index contributed by atoms with van der Waals surface area (Å²) >= 11 is 6.24. The molecular weight excluding hydrogens is 742 g/mol. The Morgan fingerprint density at radius 2 is 1.78 bits per heavy atom. The van der Waals surface area contributed by atoms with Crippen molar-refractivity contribution >= 4 is 57.2 Å². The second kappa shape index (κ2) is 14.9. The molecule has 0 spiro atoms. The minimum Gasteiger partial charge on any atom is -0.444 e. The summed E-state index contributed by atoms with van der Waals surface area (Å²) in [4.78, 5) is 69.5. The van der Waals surface area contributed by atoms with E-state index in [2.05, 4.69) is 37.4 Å². The minimum absolute atomic E-state index is 0.0844. The number of carbonyl (C=O) groups is 5. The molecule has 54 heavy (non-hydrogen) atoms. The number of carbonyl (C=O) groups excluding carboxylic acids is 5. The van der Waals surface area contributed by atoms with Gasteiger partial charge in [0.1, 0.15) is 29.3 Å². The number of aryl methyl sites for hydroxylation is 1. The maximum atomic E-state index is 14.4. The fourth-order valence-electron chi connectivity index (χ4n) is 6.32. The molecule has 1 saturated heterocycles. The lowest BCUT2D eigenvalue weighted by Crippen LogP contribution is -2.60. The first-order valence-electron chi connectivity index (χ1n) is 17.6. The molecule has 5 amide bonds. The smallest absolute Gasteiger partial charge is 0.411 e. The number of nitrogens with zero attached hydrogens (tertiary/aromatic N) is 2. The van der Waals surface area contributed by atoms with Gasteiger partial charge in [-0.05, 0) is 76.6 Å². The third-order valence-corrected chi connectivity index (χ3v) is 11.4. The van der Waals surface area contributed by atoms with Gasteiger partial charge in [0.15, 0.2) is 0 Å². The molecule has 3 fully saturated rings. The Kier molecular flexibility index (Phi) is 11.2. The van der Waals surface area contributed by atoms with E-state index in [1.165, 1.54) is 11.0 Å². The maximum Gasteiger partial charge on any atom is 0.411 e. The molecule has 0 radical (unpaired) electrons. The van der Waals surface area contributed by atoms with E-state index in [-0.39, 0.29) is 19.4 Å². The normalized spacial score (nSPS) is 23.1. The number of aromatic amines is 1. The fourth-order valence-corrected chi connectivity index (χ4v) is 7.85. The van der Waals surface area contributed by atoms with Crippen LogP contribution in [0.3, 0.4) is 0 Å². The molecule has 5 N–H and O–H groups in total. The van der Waals surface area contributed by atoms with Crippen LogP contribution < -0.4 is 20.7 Å². The third-order valence-electron chi connectivity index (χ3n) is 9.35. The summed E-state index contributed by atoms with van der Waals surface area (Å²) in [7, 11) is -3.94. The van der Waals surface area contributed by atoms with E-state index in [0.717, 1.165) is 5.69 Å². The number of H-pyrrole nitrogens is 1. The van der Waals surface area contributed by atoms with Crippen LogP contribution in [0.4, 0.5) is 15.3 Å². The number of halogens is 1. The number of amides is 5. The zero-order valence-corrected chi connectivity index (χ0v) is 32.9. The number of alkyl carbamates (subject to hydrolysis) is 1. The van der Waals surface area contributed by atoms with Crippen molar-refractivity contribution in [2.75, 3.05) is 11.9 Å². The van der Waals surface area contributed by atoms with Crippen LogP contribution in [0.2, 0.25) is 5.02 Å². The number of anilines is 1. The van der Waals surface area contributed by atoms with Gasteiger partial charge in [0.2, 0.25) is 21.8 Å². The van der Waals surface area contributed by atoms with Crippen LogP contribution in [0.1, 0.15) is 72.9 Å². The first-order chi connectivity index (χ1) is 25.0. The number of likely N-dealkylation sites (tertiary alicyclic amines) is 1. The van der Waals surface area contributed by atoms with Crippen LogP contribution in [0, 0.1) is 18.3 Å². The van der Waals surface area contributed by atoms with Gasteiger partial charge in [0.05, 0.1) is 23.2 Å². The fraction of sp³-hybridized carbons (Fsp3) is 0.556. The molecule has 2 aromatic rings. The van der Waals surface area contributed by atoms with Crippen LogP contribution >= 0.6 is 11.6 Å². The van der Waals surface area contributed by atoms with Crippen LogP contribution in [0.15, 0.2) is 36.9 Å². The lowest BCUT2D eigenvalue weighted by Gasteiger charge is -2.36. The van der Waals surface area contributed by atoms with E-state index in [1.54, 1.807) is 65.8 Å². The molecule has 2 heterocycles. The highest BCUT2D eigenvalue weighted by Gasteiger charge is 2.62. The Balaban J connectivity index is 1.40. The van der Waals surface area contributed by atoms with Crippen molar-refractivity contribution in [2.24, 2.45) is 11.3 Å². The third kappa shape index (κ3) is 9.35. The monoisotopic (exact) mass is 789 g/mol. The lowest BCUT2D eigenvalue weighted by molar-refractivity contribution is -0.143. The predicted molar refractivity (Wildman–Crippen MR) is 200 cm³/mol. The van der Waals surface area contributed by atoms with Gasteiger partial charge >= 0.3 is 12.2 Å². The summed E-state index contributed by atoms with van der Waals surface area (Å²) < 4.78 is 38.6. The second-order valence-corrected chi connectivity index (χ2v) is 18.5. The van der Waals surface area contributed by atoms with Crippen molar-refractivity contribution in [1.29, 1.82) is 0 Å². The Labute approximate surface area is 319 Å². The number of nitrogens with one attached hydrogen (secondary N) is 5. The molecule has 5 atom stereocenters. The molecule has 1 aliphatic heterocycles. The van der Waals surface area contributed by atoms with E-state index in [0.29, 0.717) is 34.8 Å². The summed E-state index contributed by atoms with van der Waals surface area (Å²) in [5.41, 5.74) is -1.23. The summed E-state index contributed by atoms with van der Waals surface area (Å²) in [6.07, 6.45) is -0.563. The molecule has 16 nitrogen and oxygen atoms in total. The largest absolute Gasteiger partial charge is 0.444 e. The van der Waals surface area contributed by atoms with Gasteiger partial charge in [-0.25, -0.2) is 18.0 Å². The average molecular weight is 790 g/mol. The van der Waals surface area contributed by atoms with Crippen LogP contribution in [-0.2, 0) is 33.9 Å². The number of hydrogen-bond acceptors (Lipinski definition) is 10. The van der Waals surface area contributed by atoms with Gasteiger partial charge in [-0.2, -0.15) is 5.10 Å². The highest BCUT2D eigenvalue weighted by molar-refractivity contribution is 7.91. The lowest BCUT2D eigenvalue weighted by atomic mass is 9.85. The Hall–Kier alpha value is -4.64. The van der Waals surface area contributed by atoms with Crippen molar-refractivity contribution < 1.29 is 41.9 Å². The maximum absolute atomic E-state index is 14.4. The number of ether oxygens (including phenoxy) is 2. The van der Waals surface area contributed by atoms with Gasteiger partial charge in [0.25, 0.3) is 5.91 Å².